The number of aromatic nitrogens is 4. The quantitative estimate of drug-likeness (QED) is 0.802. The second-order valence-corrected chi connectivity index (χ2v) is 5.38. The molecule has 5 nitrogen and oxygen atoms in total. The maximum Gasteiger partial charge on any atom is 0.163 e. The monoisotopic (exact) mass is 283 g/mol. The lowest BCUT2D eigenvalue weighted by molar-refractivity contribution is 0.625. The van der Waals surface area contributed by atoms with Crippen molar-refractivity contribution in [1.29, 1.82) is 0 Å². The molecule has 2 aromatic heterocycles. The van der Waals surface area contributed by atoms with Crippen molar-refractivity contribution >= 4 is 16.9 Å². The molecule has 0 radical (unpaired) electrons. The van der Waals surface area contributed by atoms with Crippen LogP contribution in [0.3, 0.4) is 0 Å². The van der Waals surface area contributed by atoms with Crippen LogP contribution in [0.15, 0.2) is 36.8 Å². The van der Waals surface area contributed by atoms with Gasteiger partial charge >= 0.3 is 0 Å². The molecular weight excluding hydrogens is 269 g/mol. The van der Waals surface area contributed by atoms with Crippen molar-refractivity contribution in [2.24, 2.45) is 7.05 Å². The molecule has 2 atom stereocenters. The molecule has 6 heteroatoms. The molecule has 0 aliphatic heterocycles. The molecule has 1 aliphatic carbocycles. The lowest BCUT2D eigenvalue weighted by Gasteiger charge is -2.06. The number of rotatable bonds is 3. The van der Waals surface area contributed by atoms with E-state index in [2.05, 4.69) is 20.4 Å². The van der Waals surface area contributed by atoms with Gasteiger partial charge in [0.05, 0.1) is 11.6 Å². The Hall–Kier alpha value is -2.50. The van der Waals surface area contributed by atoms with Crippen molar-refractivity contribution in [2.45, 2.75) is 18.4 Å². The molecule has 0 unspecified atom stereocenters. The summed E-state index contributed by atoms with van der Waals surface area (Å²) in [6.07, 6.45) is 4.28. The van der Waals surface area contributed by atoms with Crippen molar-refractivity contribution in [3.8, 4) is 0 Å². The lowest BCUT2D eigenvalue weighted by Crippen LogP contribution is -2.06. The Morgan fingerprint density at radius 1 is 1.33 bits per heavy atom. The number of nitrogens with one attached hydrogen (secondary N) is 1. The van der Waals surface area contributed by atoms with Gasteiger partial charge in [0, 0.05) is 19.0 Å². The second kappa shape index (κ2) is 4.51. The smallest absolute Gasteiger partial charge is 0.163 e. The third-order valence-corrected chi connectivity index (χ3v) is 3.92. The fraction of sp³-hybridized carbons (Fsp3) is 0.267. The first-order valence-electron chi connectivity index (χ1n) is 6.87. The van der Waals surface area contributed by atoms with E-state index in [0.717, 1.165) is 28.8 Å². The number of nitrogens with zero attached hydrogens (tertiary/aromatic N) is 4. The maximum atomic E-state index is 13.3. The molecule has 0 saturated heterocycles. The summed E-state index contributed by atoms with van der Waals surface area (Å²) >= 11 is 0. The predicted molar refractivity (Wildman–Crippen MR) is 77.5 cm³/mol. The van der Waals surface area contributed by atoms with Gasteiger partial charge < -0.3 is 5.32 Å². The van der Waals surface area contributed by atoms with Gasteiger partial charge in [0.1, 0.15) is 18.0 Å². The lowest BCUT2D eigenvalue weighted by atomic mass is 10.1. The minimum atomic E-state index is -0.185. The Kier molecular flexibility index (Phi) is 2.63. The van der Waals surface area contributed by atoms with Gasteiger partial charge in [0.15, 0.2) is 5.65 Å². The first-order chi connectivity index (χ1) is 10.2. The van der Waals surface area contributed by atoms with Crippen molar-refractivity contribution in [3.05, 3.63) is 48.2 Å². The van der Waals surface area contributed by atoms with E-state index in [0.29, 0.717) is 5.92 Å². The van der Waals surface area contributed by atoms with Crippen LogP contribution >= 0.6 is 0 Å². The number of hydrogen-bond acceptors (Lipinski definition) is 4. The molecule has 21 heavy (non-hydrogen) atoms. The zero-order valence-electron chi connectivity index (χ0n) is 11.5. The standard InChI is InChI=1S/C15H14FN5/c1-21-15-12(7-19-21)14(17-8-18-15)20-13-6-11(13)9-3-2-4-10(16)5-9/h2-5,7-8,11,13H,6H2,1H3,(H,17,18,20)/t11-,13+/m0/s1. The highest BCUT2D eigenvalue weighted by atomic mass is 19.1. The van der Waals surface area contributed by atoms with Crippen molar-refractivity contribution in [3.63, 3.8) is 0 Å². The van der Waals surface area contributed by atoms with Gasteiger partial charge in [-0.3, -0.25) is 4.68 Å². The normalized spacial score (nSPS) is 20.7. The zero-order valence-corrected chi connectivity index (χ0v) is 11.5. The Balaban J connectivity index is 1.57. The fourth-order valence-corrected chi connectivity index (χ4v) is 2.71. The average Bonchev–Trinajstić information content (AvgIpc) is 3.15. The summed E-state index contributed by atoms with van der Waals surface area (Å²) in [4.78, 5) is 8.51. The molecule has 0 spiro atoms. The van der Waals surface area contributed by atoms with E-state index < -0.39 is 0 Å². The van der Waals surface area contributed by atoms with E-state index in [-0.39, 0.29) is 11.9 Å². The van der Waals surface area contributed by atoms with Crippen LogP contribution in [-0.2, 0) is 7.05 Å². The summed E-state index contributed by atoms with van der Waals surface area (Å²) in [5.74, 6) is 0.939. The summed E-state index contributed by atoms with van der Waals surface area (Å²) in [7, 11) is 1.85. The molecule has 2 heterocycles. The van der Waals surface area contributed by atoms with Crippen LogP contribution in [0.1, 0.15) is 17.9 Å². The minimum absolute atomic E-state index is 0.185. The molecule has 1 fully saturated rings. The third kappa shape index (κ3) is 2.12. The second-order valence-electron chi connectivity index (χ2n) is 5.38. The van der Waals surface area contributed by atoms with Crippen LogP contribution in [0, 0.1) is 5.82 Å². The number of fused-ring (bicyclic) bond motifs is 1. The SMILES string of the molecule is Cn1ncc2c(N[C@@H]3C[C@H]3c3cccc(F)c3)ncnc21. The van der Waals surface area contributed by atoms with Crippen LogP contribution in [0.2, 0.25) is 0 Å². The van der Waals surface area contributed by atoms with Crippen LogP contribution in [0.4, 0.5) is 10.2 Å². The van der Waals surface area contributed by atoms with Crippen molar-refractivity contribution in [1.82, 2.24) is 19.7 Å². The van der Waals surface area contributed by atoms with E-state index >= 15 is 0 Å². The Morgan fingerprint density at radius 2 is 2.24 bits per heavy atom. The molecular formula is C15H14FN5. The van der Waals surface area contributed by atoms with E-state index in [4.69, 9.17) is 0 Å². The first kappa shape index (κ1) is 12.3. The van der Waals surface area contributed by atoms with Crippen molar-refractivity contribution in [2.75, 3.05) is 5.32 Å². The van der Waals surface area contributed by atoms with Gasteiger partial charge in [0.2, 0.25) is 0 Å². The Morgan fingerprint density at radius 3 is 3.10 bits per heavy atom. The number of anilines is 1. The van der Waals surface area contributed by atoms with Crippen LogP contribution in [0.25, 0.3) is 11.0 Å². The largest absolute Gasteiger partial charge is 0.366 e. The molecule has 0 amide bonds. The first-order valence-corrected chi connectivity index (χ1v) is 6.87. The third-order valence-electron chi connectivity index (χ3n) is 3.92. The molecule has 106 valence electrons. The molecule has 4 rings (SSSR count). The zero-order chi connectivity index (χ0) is 14.4. The number of hydrogen-bond donors (Lipinski definition) is 1. The van der Waals surface area contributed by atoms with E-state index in [1.807, 2.05) is 13.1 Å². The highest BCUT2D eigenvalue weighted by molar-refractivity contribution is 5.86. The topological polar surface area (TPSA) is 55.6 Å². The van der Waals surface area contributed by atoms with Crippen LogP contribution in [0.5, 0.6) is 0 Å². The average molecular weight is 283 g/mol. The van der Waals surface area contributed by atoms with Crippen LogP contribution < -0.4 is 5.32 Å². The fourth-order valence-electron chi connectivity index (χ4n) is 2.71. The summed E-state index contributed by atoms with van der Waals surface area (Å²) < 4.78 is 15.0. The van der Waals surface area contributed by atoms with Crippen LogP contribution in [-0.4, -0.2) is 25.8 Å². The van der Waals surface area contributed by atoms with Gasteiger partial charge in [-0.15, -0.1) is 0 Å². The highest BCUT2D eigenvalue weighted by Crippen LogP contribution is 2.43. The summed E-state index contributed by atoms with van der Waals surface area (Å²) in [5.41, 5.74) is 1.83. The molecule has 0 bridgehead atoms. The van der Waals surface area contributed by atoms with E-state index in [1.165, 1.54) is 12.4 Å². The molecule has 1 aromatic carbocycles. The van der Waals surface area contributed by atoms with Gasteiger partial charge in [-0.25, -0.2) is 14.4 Å². The van der Waals surface area contributed by atoms with Gasteiger partial charge in [0.25, 0.3) is 0 Å². The summed E-state index contributed by atoms with van der Waals surface area (Å²) in [6.45, 7) is 0. The minimum Gasteiger partial charge on any atom is -0.366 e. The molecule has 1 N–H and O–H groups in total. The number of aryl methyl sites for hydroxylation is 1. The molecule has 1 aliphatic rings. The van der Waals surface area contributed by atoms with Crippen molar-refractivity contribution < 1.29 is 4.39 Å². The van der Waals surface area contributed by atoms with Gasteiger partial charge in [-0.05, 0) is 24.1 Å². The molecule has 3 aromatic rings. The Labute approximate surface area is 120 Å². The maximum absolute atomic E-state index is 13.3. The highest BCUT2D eigenvalue weighted by Gasteiger charge is 2.39. The number of benzene rings is 1. The van der Waals surface area contributed by atoms with Gasteiger partial charge in [-0.1, -0.05) is 12.1 Å². The predicted octanol–water partition coefficient (Wildman–Crippen LogP) is 2.47. The van der Waals surface area contributed by atoms with Gasteiger partial charge in [-0.2, -0.15) is 5.10 Å². The summed E-state index contributed by atoms with van der Waals surface area (Å²) in [5, 5.41) is 8.52. The van der Waals surface area contributed by atoms with E-state index in [9.17, 15) is 4.39 Å². The van der Waals surface area contributed by atoms with E-state index in [1.54, 1.807) is 23.0 Å². The Bertz CT molecular complexity index is 813. The number of halogens is 1. The molecule has 1 saturated carbocycles. The summed E-state index contributed by atoms with van der Waals surface area (Å²) in [6, 6.07) is 7.08.